The summed E-state index contributed by atoms with van der Waals surface area (Å²) in [4.78, 5) is 0. The lowest BCUT2D eigenvalue weighted by Gasteiger charge is -2.14. The molecule has 2 rings (SSSR count). The second-order valence-corrected chi connectivity index (χ2v) is 5.48. The molecule has 0 N–H and O–H groups in total. The minimum atomic E-state index is -0.281. The van der Waals surface area contributed by atoms with Crippen molar-refractivity contribution in [2.24, 2.45) is 0 Å². The van der Waals surface area contributed by atoms with Crippen LogP contribution in [0.5, 0.6) is 5.75 Å². The van der Waals surface area contributed by atoms with Crippen molar-refractivity contribution in [2.45, 2.75) is 26.4 Å². The fraction of sp³-hybridized carbons (Fsp3) is 0.278. The average molecular weight is 306 g/mol. The van der Waals surface area contributed by atoms with E-state index in [1.807, 2.05) is 30.3 Å². The maximum Gasteiger partial charge on any atom is 0.126 e. The highest BCUT2D eigenvalue weighted by Gasteiger charge is 2.10. The summed E-state index contributed by atoms with van der Waals surface area (Å²) in [7, 11) is 0. The van der Waals surface area contributed by atoms with Gasteiger partial charge in [-0.25, -0.2) is 4.39 Å². The molecule has 0 aliphatic rings. The van der Waals surface area contributed by atoms with Gasteiger partial charge >= 0.3 is 0 Å². The monoisotopic (exact) mass is 305 g/mol. The molecule has 2 aromatic rings. The van der Waals surface area contributed by atoms with Gasteiger partial charge in [-0.05, 0) is 36.0 Å². The predicted molar refractivity (Wildman–Crippen MR) is 85.1 cm³/mol. The quantitative estimate of drug-likeness (QED) is 0.641. The number of hydrogen-bond acceptors (Lipinski definition) is 1. The average Bonchev–Trinajstić information content (AvgIpc) is 2.49. The lowest BCUT2D eigenvalue weighted by atomic mass is 9.98. The Labute approximate surface area is 130 Å². The predicted octanol–water partition coefficient (Wildman–Crippen LogP) is 5.17. The summed E-state index contributed by atoms with van der Waals surface area (Å²) < 4.78 is 19.2. The van der Waals surface area contributed by atoms with Gasteiger partial charge in [-0.15, -0.1) is 11.6 Å². The third-order valence-corrected chi connectivity index (χ3v) is 3.47. The van der Waals surface area contributed by atoms with Crippen molar-refractivity contribution in [3.05, 3.63) is 71.4 Å². The van der Waals surface area contributed by atoms with E-state index in [1.54, 1.807) is 6.07 Å². The Morgan fingerprint density at radius 3 is 2.62 bits per heavy atom. The van der Waals surface area contributed by atoms with E-state index >= 15 is 0 Å². The molecule has 0 saturated carbocycles. The Balaban J connectivity index is 2.08. The third-order valence-electron chi connectivity index (χ3n) is 3.28. The van der Waals surface area contributed by atoms with Gasteiger partial charge in [0.25, 0.3) is 0 Å². The van der Waals surface area contributed by atoms with E-state index in [0.717, 1.165) is 24.0 Å². The molecule has 0 saturated heterocycles. The molecule has 1 radical (unpaired) electrons. The number of alkyl halides is 1. The van der Waals surface area contributed by atoms with E-state index in [-0.39, 0.29) is 5.82 Å². The number of halogens is 2. The fourth-order valence-electron chi connectivity index (χ4n) is 2.12. The summed E-state index contributed by atoms with van der Waals surface area (Å²) >= 11 is 5.76. The Hall–Kier alpha value is -1.54. The topological polar surface area (TPSA) is 9.23 Å². The van der Waals surface area contributed by atoms with Crippen LogP contribution in [0.15, 0.2) is 48.5 Å². The first-order valence-corrected chi connectivity index (χ1v) is 7.55. The first-order valence-electron chi connectivity index (χ1n) is 7.01. The van der Waals surface area contributed by atoms with Gasteiger partial charge in [-0.3, -0.25) is 0 Å². The fourth-order valence-corrected chi connectivity index (χ4v) is 2.44. The van der Waals surface area contributed by atoms with Crippen LogP contribution in [-0.4, -0.2) is 5.88 Å². The van der Waals surface area contributed by atoms with E-state index in [1.165, 1.54) is 18.1 Å². The van der Waals surface area contributed by atoms with Crippen molar-refractivity contribution >= 4 is 11.6 Å². The molecule has 0 bridgehead atoms. The van der Waals surface area contributed by atoms with Crippen LogP contribution in [0.4, 0.5) is 4.39 Å². The third kappa shape index (κ3) is 5.05. The molecule has 0 fully saturated rings. The van der Waals surface area contributed by atoms with Crippen LogP contribution in [-0.2, 0) is 13.0 Å². The molecule has 0 aliphatic heterocycles. The van der Waals surface area contributed by atoms with Gasteiger partial charge in [-0.2, -0.15) is 0 Å². The molecule has 0 amide bonds. The highest BCUT2D eigenvalue weighted by atomic mass is 35.5. The van der Waals surface area contributed by atoms with Crippen LogP contribution >= 0.6 is 11.6 Å². The molecular formula is C18H19ClFO. The van der Waals surface area contributed by atoms with Gasteiger partial charge in [0, 0.05) is 11.9 Å². The van der Waals surface area contributed by atoms with Crippen LogP contribution in [0, 0.1) is 11.7 Å². The van der Waals surface area contributed by atoms with E-state index in [0.29, 0.717) is 18.2 Å². The van der Waals surface area contributed by atoms with Crippen LogP contribution < -0.4 is 4.74 Å². The Morgan fingerprint density at radius 2 is 1.90 bits per heavy atom. The number of benzene rings is 2. The molecule has 0 heterocycles. The van der Waals surface area contributed by atoms with E-state index < -0.39 is 0 Å². The lowest BCUT2D eigenvalue weighted by molar-refractivity contribution is 0.301. The summed E-state index contributed by atoms with van der Waals surface area (Å²) in [5.74, 6) is 2.19. The summed E-state index contributed by atoms with van der Waals surface area (Å²) in [6.45, 7) is 2.50. The zero-order chi connectivity index (χ0) is 15.1. The standard InChI is InChI=1S/C18H19ClFO/c1-14(9-10-19)11-16-7-8-17(20)12-18(16)21-13-15-5-3-2-4-6-15/h2-8,12H,9-11,13H2,1H3. The zero-order valence-electron chi connectivity index (χ0n) is 12.1. The molecule has 111 valence electrons. The molecule has 0 aliphatic carbocycles. The second-order valence-electron chi connectivity index (χ2n) is 5.10. The van der Waals surface area contributed by atoms with E-state index in [9.17, 15) is 4.39 Å². The van der Waals surface area contributed by atoms with Crippen LogP contribution in [0.1, 0.15) is 24.5 Å². The second kappa shape index (κ2) is 8.04. The lowest BCUT2D eigenvalue weighted by Crippen LogP contribution is -2.03. The van der Waals surface area contributed by atoms with Gasteiger partial charge in [0.15, 0.2) is 0 Å². The van der Waals surface area contributed by atoms with E-state index in [4.69, 9.17) is 16.3 Å². The maximum absolute atomic E-state index is 13.5. The summed E-state index contributed by atoms with van der Waals surface area (Å²) in [6.07, 6.45) is 1.62. The van der Waals surface area contributed by atoms with Gasteiger partial charge in [0.2, 0.25) is 0 Å². The number of rotatable bonds is 7. The van der Waals surface area contributed by atoms with Crippen molar-refractivity contribution < 1.29 is 9.13 Å². The molecule has 0 spiro atoms. The molecule has 21 heavy (non-hydrogen) atoms. The van der Waals surface area contributed by atoms with Crippen LogP contribution in [0.2, 0.25) is 0 Å². The Kier molecular flexibility index (Phi) is 6.06. The van der Waals surface area contributed by atoms with Crippen molar-refractivity contribution in [1.82, 2.24) is 0 Å². The first-order chi connectivity index (χ1) is 10.2. The van der Waals surface area contributed by atoms with Crippen molar-refractivity contribution in [2.75, 3.05) is 5.88 Å². The number of hydrogen-bond donors (Lipinski definition) is 0. The van der Waals surface area contributed by atoms with Gasteiger partial charge in [-0.1, -0.05) is 43.3 Å². The summed E-state index contributed by atoms with van der Waals surface area (Å²) in [6, 6.07) is 14.6. The smallest absolute Gasteiger partial charge is 0.126 e. The highest BCUT2D eigenvalue weighted by Crippen LogP contribution is 2.25. The largest absolute Gasteiger partial charge is 0.489 e. The van der Waals surface area contributed by atoms with Crippen molar-refractivity contribution in [3.8, 4) is 5.75 Å². The van der Waals surface area contributed by atoms with E-state index in [2.05, 4.69) is 6.92 Å². The van der Waals surface area contributed by atoms with Crippen molar-refractivity contribution in [3.63, 3.8) is 0 Å². The van der Waals surface area contributed by atoms with Crippen LogP contribution in [0.25, 0.3) is 0 Å². The SMILES string of the molecule is C[C](CCCl)Cc1ccc(F)cc1OCc1ccccc1. The van der Waals surface area contributed by atoms with Gasteiger partial charge in [0.05, 0.1) is 0 Å². The molecule has 3 heteroatoms. The van der Waals surface area contributed by atoms with Gasteiger partial charge < -0.3 is 4.74 Å². The Morgan fingerprint density at radius 1 is 1.14 bits per heavy atom. The molecule has 2 aromatic carbocycles. The summed E-state index contributed by atoms with van der Waals surface area (Å²) in [5, 5.41) is 0. The molecule has 0 aromatic heterocycles. The normalized spacial score (nSPS) is 10.9. The number of ether oxygens (including phenoxy) is 1. The highest BCUT2D eigenvalue weighted by molar-refractivity contribution is 6.17. The molecular weight excluding hydrogens is 287 g/mol. The minimum Gasteiger partial charge on any atom is -0.489 e. The molecule has 0 atom stereocenters. The molecule has 0 unspecified atom stereocenters. The summed E-state index contributed by atoms with van der Waals surface area (Å²) in [5.41, 5.74) is 2.06. The Bertz CT molecular complexity index is 556. The molecule has 1 nitrogen and oxygen atoms in total. The van der Waals surface area contributed by atoms with Crippen LogP contribution in [0.3, 0.4) is 0 Å². The first kappa shape index (κ1) is 15.8. The maximum atomic E-state index is 13.5. The minimum absolute atomic E-state index is 0.281. The van der Waals surface area contributed by atoms with Crippen molar-refractivity contribution in [1.29, 1.82) is 0 Å². The van der Waals surface area contributed by atoms with Gasteiger partial charge in [0.1, 0.15) is 18.2 Å². The zero-order valence-corrected chi connectivity index (χ0v) is 12.9.